The summed E-state index contributed by atoms with van der Waals surface area (Å²) in [5.41, 5.74) is 2.00. The molecule has 0 bridgehead atoms. The Balaban J connectivity index is 0.000000347. The van der Waals surface area contributed by atoms with Crippen LogP contribution in [0.1, 0.15) is 51.5 Å². The van der Waals surface area contributed by atoms with Gasteiger partial charge >= 0.3 is 0 Å². The highest BCUT2D eigenvalue weighted by Crippen LogP contribution is 2.21. The second kappa shape index (κ2) is 16.1. The Morgan fingerprint density at radius 2 is 1.76 bits per heavy atom. The molecule has 2 atom stereocenters. The highest BCUT2D eigenvalue weighted by Gasteiger charge is 2.19. The molecule has 2 aliphatic carbocycles. The van der Waals surface area contributed by atoms with Crippen LogP contribution in [0.15, 0.2) is 59.0 Å². The predicted octanol–water partition coefficient (Wildman–Crippen LogP) is 3.81. The van der Waals surface area contributed by atoms with E-state index in [0.717, 1.165) is 35.2 Å². The molecule has 3 rings (SSSR count). The van der Waals surface area contributed by atoms with Gasteiger partial charge in [0.1, 0.15) is 12.1 Å². The second-order valence-corrected chi connectivity index (χ2v) is 10.2. The van der Waals surface area contributed by atoms with Crippen molar-refractivity contribution < 1.29 is 18.2 Å². The summed E-state index contributed by atoms with van der Waals surface area (Å²) in [5, 5.41) is 5.68. The topological polar surface area (TPSA) is 87.3 Å². The van der Waals surface area contributed by atoms with Crippen LogP contribution in [-0.2, 0) is 25.8 Å². The van der Waals surface area contributed by atoms with Crippen LogP contribution in [0.25, 0.3) is 0 Å². The smallest absolute Gasteiger partial charge is 0.207 e. The number of halogens is 1. The Hall–Kier alpha value is -2.55. The van der Waals surface area contributed by atoms with Crippen LogP contribution in [0.2, 0.25) is 0 Å². The lowest BCUT2D eigenvalue weighted by Gasteiger charge is -2.25. The number of amides is 1. The first kappa shape index (κ1) is 29.5. The van der Waals surface area contributed by atoms with E-state index >= 15 is 0 Å². The van der Waals surface area contributed by atoms with Gasteiger partial charge in [-0.1, -0.05) is 49.1 Å². The van der Waals surface area contributed by atoms with Crippen LogP contribution >= 0.6 is 0 Å². The minimum Gasteiger partial charge on any atom is -0.355 e. The molecule has 2 aliphatic rings. The number of rotatable bonds is 7. The zero-order chi connectivity index (χ0) is 25.4. The third kappa shape index (κ3) is 11.5. The molecular formula is C26H38FN3O3S. The largest absolute Gasteiger partial charge is 0.355 e. The minimum atomic E-state index is -2.42. The van der Waals surface area contributed by atoms with Crippen LogP contribution in [0.4, 0.5) is 4.39 Å². The molecule has 2 unspecified atom stereocenters. The van der Waals surface area contributed by atoms with E-state index < -0.39 is 9.71 Å². The van der Waals surface area contributed by atoms with Crippen LogP contribution in [-0.4, -0.2) is 41.9 Å². The Morgan fingerprint density at radius 3 is 2.32 bits per heavy atom. The van der Waals surface area contributed by atoms with E-state index in [-0.39, 0.29) is 11.9 Å². The summed E-state index contributed by atoms with van der Waals surface area (Å²) in [4.78, 5) is 19.5. The SMILES string of the molecule is C=S(=O)(NC1CCCCC1)C1=CC(C)=CC(NC)C=C1.CC=O.O=CNCc1ccc(F)cc1. The zero-order valence-electron chi connectivity index (χ0n) is 20.4. The normalized spacial score (nSPS) is 19.5. The van der Waals surface area contributed by atoms with Crippen LogP contribution < -0.4 is 15.4 Å². The number of nitrogens with one attached hydrogen (secondary N) is 3. The quantitative estimate of drug-likeness (QED) is 0.400. The lowest BCUT2D eigenvalue weighted by atomic mass is 9.96. The van der Waals surface area contributed by atoms with Crippen LogP contribution in [0.5, 0.6) is 0 Å². The molecule has 1 amide bonds. The fourth-order valence-electron chi connectivity index (χ4n) is 3.56. The maximum atomic E-state index is 12.9. The average molecular weight is 492 g/mol. The van der Waals surface area contributed by atoms with E-state index in [2.05, 4.69) is 27.3 Å². The number of carbonyl (C=O) groups is 2. The van der Waals surface area contributed by atoms with Gasteiger partial charge in [-0.25, -0.2) is 13.3 Å². The molecule has 1 fully saturated rings. The number of aldehydes is 1. The molecule has 0 spiro atoms. The number of likely N-dealkylation sites (N-methyl/N-ethyl adjacent to an activating group) is 1. The van der Waals surface area contributed by atoms with Crippen molar-refractivity contribution in [2.75, 3.05) is 7.05 Å². The summed E-state index contributed by atoms with van der Waals surface area (Å²) < 4.78 is 28.5. The van der Waals surface area contributed by atoms with E-state index in [0.29, 0.717) is 19.0 Å². The van der Waals surface area contributed by atoms with Gasteiger partial charge in [-0.15, -0.1) is 0 Å². The maximum Gasteiger partial charge on any atom is 0.207 e. The zero-order valence-corrected chi connectivity index (χ0v) is 21.2. The van der Waals surface area contributed by atoms with Gasteiger partial charge in [0, 0.05) is 23.5 Å². The summed E-state index contributed by atoms with van der Waals surface area (Å²) in [5.74, 6) is 3.70. The van der Waals surface area contributed by atoms with Crippen molar-refractivity contribution in [3.8, 4) is 0 Å². The first-order valence-corrected chi connectivity index (χ1v) is 13.2. The second-order valence-electron chi connectivity index (χ2n) is 8.12. The molecular weight excluding hydrogens is 453 g/mol. The monoisotopic (exact) mass is 491 g/mol. The maximum absolute atomic E-state index is 12.9. The Labute approximate surface area is 203 Å². The Morgan fingerprint density at radius 1 is 1.15 bits per heavy atom. The number of hydrogen-bond acceptors (Lipinski definition) is 4. The Kier molecular flexibility index (Phi) is 14.0. The highest BCUT2D eigenvalue weighted by molar-refractivity contribution is 8.02. The van der Waals surface area contributed by atoms with Crippen molar-refractivity contribution in [1.82, 2.24) is 15.4 Å². The van der Waals surface area contributed by atoms with Crippen molar-refractivity contribution in [2.45, 2.75) is 64.6 Å². The summed E-state index contributed by atoms with van der Waals surface area (Å²) in [6.45, 7) is 3.93. The van der Waals surface area contributed by atoms with Gasteiger partial charge in [0.25, 0.3) is 0 Å². The summed E-state index contributed by atoms with van der Waals surface area (Å²) >= 11 is 0. The van der Waals surface area contributed by atoms with E-state index in [1.807, 2.05) is 32.2 Å². The lowest BCUT2D eigenvalue weighted by molar-refractivity contribution is -0.109. The van der Waals surface area contributed by atoms with E-state index in [1.165, 1.54) is 38.3 Å². The third-order valence-electron chi connectivity index (χ3n) is 5.26. The van der Waals surface area contributed by atoms with Crippen molar-refractivity contribution in [1.29, 1.82) is 0 Å². The molecule has 0 heterocycles. The molecule has 1 aromatic rings. The lowest BCUT2D eigenvalue weighted by Crippen LogP contribution is -2.36. The summed E-state index contributed by atoms with van der Waals surface area (Å²) in [6, 6.07) is 6.52. The number of allylic oxidation sites excluding steroid dienone is 3. The fourth-order valence-corrected chi connectivity index (χ4v) is 5.15. The van der Waals surface area contributed by atoms with Gasteiger partial charge in [0.2, 0.25) is 6.41 Å². The van der Waals surface area contributed by atoms with Crippen LogP contribution in [0.3, 0.4) is 0 Å². The summed E-state index contributed by atoms with van der Waals surface area (Å²) in [7, 11) is -0.493. The van der Waals surface area contributed by atoms with Gasteiger partial charge in [-0.2, -0.15) is 0 Å². The van der Waals surface area contributed by atoms with Crippen molar-refractivity contribution in [3.05, 3.63) is 70.4 Å². The molecule has 188 valence electrons. The molecule has 1 aromatic carbocycles. The average Bonchev–Trinajstić information content (AvgIpc) is 3.02. The van der Waals surface area contributed by atoms with E-state index in [4.69, 9.17) is 4.79 Å². The van der Waals surface area contributed by atoms with Gasteiger partial charge < -0.3 is 15.4 Å². The van der Waals surface area contributed by atoms with Gasteiger partial charge in [-0.05, 0) is 69.5 Å². The molecule has 0 aliphatic heterocycles. The molecule has 0 aromatic heterocycles. The number of carbonyl (C=O) groups excluding carboxylic acids is 2. The van der Waals surface area contributed by atoms with Gasteiger partial charge in [0.05, 0.1) is 9.71 Å². The number of benzene rings is 1. The van der Waals surface area contributed by atoms with Crippen molar-refractivity contribution >= 4 is 28.3 Å². The van der Waals surface area contributed by atoms with Crippen LogP contribution in [0, 0.1) is 5.82 Å². The molecule has 0 radical (unpaired) electrons. The molecule has 3 N–H and O–H groups in total. The highest BCUT2D eigenvalue weighted by atomic mass is 32.2. The fraction of sp³-hybridized carbons (Fsp3) is 0.423. The van der Waals surface area contributed by atoms with Gasteiger partial charge in [-0.3, -0.25) is 4.79 Å². The van der Waals surface area contributed by atoms with E-state index in [9.17, 15) is 13.4 Å². The third-order valence-corrected chi connectivity index (χ3v) is 6.99. The van der Waals surface area contributed by atoms with Gasteiger partial charge in [0.15, 0.2) is 0 Å². The molecule has 0 saturated heterocycles. The first-order valence-electron chi connectivity index (χ1n) is 11.5. The summed E-state index contributed by atoms with van der Waals surface area (Å²) in [6.07, 6.45) is 15.4. The number of hydrogen-bond donors (Lipinski definition) is 3. The van der Waals surface area contributed by atoms with Crippen molar-refractivity contribution in [2.24, 2.45) is 0 Å². The van der Waals surface area contributed by atoms with Crippen molar-refractivity contribution in [3.63, 3.8) is 0 Å². The molecule has 6 nitrogen and oxygen atoms in total. The molecule has 1 saturated carbocycles. The minimum absolute atomic E-state index is 0.189. The molecule has 8 heteroatoms. The predicted molar refractivity (Wildman–Crippen MR) is 140 cm³/mol. The van der Waals surface area contributed by atoms with E-state index in [1.54, 1.807) is 12.1 Å². The molecule has 34 heavy (non-hydrogen) atoms. The Bertz CT molecular complexity index is 948. The standard InChI is InChI=1S/C16H26N2OS.C8H8FNO.C2H4O/c1-13-11-15(17-2)9-10-16(12-13)20(3,19)18-14-7-5-4-6-8-14;9-8-3-1-7(2-4-8)5-10-6-11;1-2-3/h9-12,14-15,17H,3-8H2,1-2H3,(H,18,19);1-4,6H,5H2,(H,10,11);2H,1H3. The first-order chi connectivity index (χ1) is 16.2.